The molecule has 0 aliphatic carbocycles. The molecule has 0 saturated carbocycles. The topological polar surface area (TPSA) is 113 Å². The molecule has 23 heavy (non-hydrogen) atoms. The second kappa shape index (κ2) is 7.08. The number of carbonyl (C=O) groups excluding carboxylic acids is 1. The van der Waals surface area contributed by atoms with Gasteiger partial charge in [0.15, 0.2) is 0 Å². The average Bonchev–Trinajstić information content (AvgIpc) is 2.53. The highest BCUT2D eigenvalue weighted by Crippen LogP contribution is 2.17. The Morgan fingerprint density at radius 3 is 2.17 bits per heavy atom. The van der Waals surface area contributed by atoms with E-state index in [1.54, 1.807) is 24.3 Å². The van der Waals surface area contributed by atoms with Crippen LogP contribution < -0.4 is 5.32 Å². The molecular weight excluding hydrogens is 302 g/mol. The summed E-state index contributed by atoms with van der Waals surface area (Å²) in [4.78, 5) is 33.7. The maximum Gasteiger partial charge on any atom is 0.411 e. The minimum Gasteiger partial charge on any atom is -0.478 e. The van der Waals surface area contributed by atoms with Crippen LogP contribution in [0.1, 0.15) is 26.3 Å². The Kier molecular flexibility index (Phi) is 4.93. The van der Waals surface area contributed by atoms with Crippen LogP contribution >= 0.6 is 0 Å². The van der Waals surface area contributed by atoms with E-state index in [4.69, 9.17) is 14.9 Å². The van der Waals surface area contributed by atoms with Gasteiger partial charge in [-0.05, 0) is 23.8 Å². The largest absolute Gasteiger partial charge is 0.478 e. The number of hydrogen-bond acceptors (Lipinski definition) is 4. The van der Waals surface area contributed by atoms with Crippen LogP contribution in [-0.4, -0.2) is 28.2 Å². The molecule has 3 N–H and O–H groups in total. The van der Waals surface area contributed by atoms with Gasteiger partial charge in [0.2, 0.25) is 0 Å². The Morgan fingerprint density at radius 1 is 0.913 bits per heavy atom. The third-order valence-electron chi connectivity index (χ3n) is 2.94. The Bertz CT molecular complexity index is 741. The van der Waals surface area contributed by atoms with E-state index in [2.05, 4.69) is 5.32 Å². The molecule has 7 heteroatoms. The van der Waals surface area contributed by atoms with Gasteiger partial charge in [-0.2, -0.15) is 0 Å². The van der Waals surface area contributed by atoms with Crippen LogP contribution in [0.5, 0.6) is 0 Å². The summed E-state index contributed by atoms with van der Waals surface area (Å²) in [6.07, 6.45) is -0.770. The van der Waals surface area contributed by atoms with Gasteiger partial charge in [-0.1, -0.05) is 30.3 Å². The summed E-state index contributed by atoms with van der Waals surface area (Å²) in [5.41, 5.74) is 0.152. The Hall–Kier alpha value is -3.35. The SMILES string of the molecule is O=C(Nc1ccc(C(=O)O)c(C(=O)O)c1)OCc1ccccc1. The minimum absolute atomic E-state index is 0.0612. The first-order valence-corrected chi connectivity index (χ1v) is 6.55. The second-order valence-electron chi connectivity index (χ2n) is 4.56. The van der Waals surface area contributed by atoms with Gasteiger partial charge in [-0.15, -0.1) is 0 Å². The molecular formula is C16H13NO6. The zero-order chi connectivity index (χ0) is 16.8. The van der Waals surface area contributed by atoms with Crippen LogP contribution in [0.15, 0.2) is 48.5 Å². The fourth-order valence-electron chi connectivity index (χ4n) is 1.86. The lowest BCUT2D eigenvalue weighted by molar-refractivity contribution is 0.0651. The summed E-state index contributed by atoms with van der Waals surface area (Å²) >= 11 is 0. The number of hydrogen-bond donors (Lipinski definition) is 3. The highest BCUT2D eigenvalue weighted by molar-refractivity contribution is 6.03. The fourth-order valence-corrected chi connectivity index (χ4v) is 1.86. The molecule has 0 aromatic heterocycles. The van der Waals surface area contributed by atoms with Gasteiger partial charge in [-0.25, -0.2) is 14.4 Å². The number of ether oxygens (including phenoxy) is 1. The number of carbonyl (C=O) groups is 3. The van der Waals surface area contributed by atoms with Crippen molar-refractivity contribution in [1.29, 1.82) is 0 Å². The van der Waals surface area contributed by atoms with E-state index in [0.717, 1.165) is 17.7 Å². The van der Waals surface area contributed by atoms with Crippen molar-refractivity contribution in [1.82, 2.24) is 0 Å². The molecule has 2 aromatic rings. The molecule has 0 heterocycles. The van der Waals surface area contributed by atoms with Crippen LogP contribution in [0.3, 0.4) is 0 Å². The molecule has 1 amide bonds. The molecule has 2 aromatic carbocycles. The van der Waals surface area contributed by atoms with Gasteiger partial charge in [0.05, 0.1) is 11.1 Å². The molecule has 0 aliphatic heterocycles. The standard InChI is InChI=1S/C16H13NO6/c18-14(19)12-7-6-11(8-13(12)15(20)21)17-16(22)23-9-10-4-2-1-3-5-10/h1-8H,9H2,(H,17,22)(H,18,19)(H,20,21). The third-order valence-corrected chi connectivity index (χ3v) is 2.94. The molecule has 0 aliphatic rings. The van der Waals surface area contributed by atoms with Crippen molar-refractivity contribution in [3.05, 3.63) is 65.2 Å². The number of aromatic carboxylic acids is 2. The quantitative estimate of drug-likeness (QED) is 0.782. The van der Waals surface area contributed by atoms with E-state index in [1.165, 1.54) is 6.07 Å². The lowest BCUT2D eigenvalue weighted by Crippen LogP contribution is -2.15. The predicted molar refractivity (Wildman–Crippen MR) is 80.6 cm³/mol. The number of rotatable bonds is 5. The van der Waals surface area contributed by atoms with E-state index in [0.29, 0.717) is 0 Å². The van der Waals surface area contributed by atoms with E-state index in [-0.39, 0.29) is 17.9 Å². The molecule has 0 unspecified atom stereocenters. The summed E-state index contributed by atoms with van der Waals surface area (Å²) in [6.45, 7) is 0.0612. The first-order valence-electron chi connectivity index (χ1n) is 6.55. The predicted octanol–water partition coefficient (Wildman–Crippen LogP) is 2.83. The Labute approximate surface area is 131 Å². The molecule has 0 fully saturated rings. The van der Waals surface area contributed by atoms with Crippen LogP contribution in [0.2, 0.25) is 0 Å². The monoisotopic (exact) mass is 315 g/mol. The molecule has 0 saturated heterocycles. The van der Waals surface area contributed by atoms with Gasteiger partial charge in [0.25, 0.3) is 0 Å². The van der Waals surface area contributed by atoms with Gasteiger partial charge < -0.3 is 14.9 Å². The van der Waals surface area contributed by atoms with Gasteiger partial charge in [0.1, 0.15) is 6.61 Å². The summed E-state index contributed by atoms with van der Waals surface area (Å²) in [5.74, 6) is -2.76. The lowest BCUT2D eigenvalue weighted by Gasteiger charge is -2.09. The third kappa shape index (κ3) is 4.31. The molecule has 2 rings (SSSR count). The van der Waals surface area contributed by atoms with Crippen molar-refractivity contribution in [2.75, 3.05) is 5.32 Å². The maximum absolute atomic E-state index is 11.7. The second-order valence-corrected chi connectivity index (χ2v) is 4.56. The number of carboxylic acids is 2. The Morgan fingerprint density at radius 2 is 1.57 bits per heavy atom. The van der Waals surface area contributed by atoms with E-state index in [9.17, 15) is 14.4 Å². The van der Waals surface area contributed by atoms with Gasteiger partial charge >= 0.3 is 18.0 Å². The fraction of sp³-hybridized carbons (Fsp3) is 0.0625. The molecule has 0 bridgehead atoms. The number of amides is 1. The average molecular weight is 315 g/mol. The Balaban J connectivity index is 2.05. The van der Waals surface area contributed by atoms with Gasteiger partial charge in [-0.3, -0.25) is 5.32 Å². The van der Waals surface area contributed by atoms with Crippen molar-refractivity contribution in [2.24, 2.45) is 0 Å². The molecule has 118 valence electrons. The van der Waals surface area contributed by atoms with Crippen molar-refractivity contribution in [3.8, 4) is 0 Å². The first kappa shape index (κ1) is 16.0. The number of anilines is 1. The van der Waals surface area contributed by atoms with E-state index >= 15 is 0 Å². The molecule has 7 nitrogen and oxygen atoms in total. The number of nitrogens with one attached hydrogen (secondary N) is 1. The number of carboxylic acid groups (broad SMARTS) is 2. The first-order chi connectivity index (χ1) is 11.0. The summed E-state index contributed by atoms with van der Waals surface area (Å²) < 4.78 is 5.00. The summed E-state index contributed by atoms with van der Waals surface area (Å²) in [5, 5.41) is 20.3. The smallest absolute Gasteiger partial charge is 0.411 e. The number of benzene rings is 2. The minimum atomic E-state index is -1.40. The summed E-state index contributed by atoms with van der Waals surface area (Å²) in [6, 6.07) is 12.5. The van der Waals surface area contributed by atoms with Crippen LogP contribution in [0.4, 0.5) is 10.5 Å². The highest BCUT2D eigenvalue weighted by Gasteiger charge is 2.17. The van der Waals surface area contributed by atoms with E-state index < -0.39 is 23.6 Å². The maximum atomic E-state index is 11.7. The van der Waals surface area contributed by atoms with Crippen molar-refractivity contribution < 1.29 is 29.3 Å². The van der Waals surface area contributed by atoms with Crippen molar-refractivity contribution in [2.45, 2.75) is 6.61 Å². The van der Waals surface area contributed by atoms with Crippen LogP contribution in [-0.2, 0) is 11.3 Å². The van der Waals surface area contributed by atoms with Crippen LogP contribution in [0, 0.1) is 0 Å². The van der Waals surface area contributed by atoms with Crippen LogP contribution in [0.25, 0.3) is 0 Å². The lowest BCUT2D eigenvalue weighted by atomic mass is 10.1. The zero-order valence-corrected chi connectivity index (χ0v) is 11.9. The molecule has 0 radical (unpaired) electrons. The van der Waals surface area contributed by atoms with Gasteiger partial charge in [0, 0.05) is 5.69 Å². The zero-order valence-electron chi connectivity index (χ0n) is 11.9. The van der Waals surface area contributed by atoms with Crippen molar-refractivity contribution in [3.63, 3.8) is 0 Å². The molecule has 0 spiro atoms. The van der Waals surface area contributed by atoms with Crippen molar-refractivity contribution >= 4 is 23.7 Å². The normalized spacial score (nSPS) is 9.91. The molecule has 0 atom stereocenters. The van der Waals surface area contributed by atoms with E-state index in [1.807, 2.05) is 6.07 Å². The summed E-state index contributed by atoms with van der Waals surface area (Å²) in [7, 11) is 0. The highest BCUT2D eigenvalue weighted by atomic mass is 16.5.